The van der Waals surface area contributed by atoms with Gasteiger partial charge in [-0.1, -0.05) is 11.6 Å². The average molecular weight is 190 g/mol. The van der Waals surface area contributed by atoms with Crippen LogP contribution < -0.4 is 10.5 Å². The summed E-state index contributed by atoms with van der Waals surface area (Å²) in [4.78, 5) is 0. The van der Waals surface area contributed by atoms with Gasteiger partial charge in [-0.2, -0.15) is 0 Å². The highest BCUT2D eigenvalue weighted by atomic mass is 35.5. The van der Waals surface area contributed by atoms with Gasteiger partial charge in [-0.25, -0.2) is 4.39 Å². The van der Waals surface area contributed by atoms with Crippen molar-refractivity contribution in [1.82, 2.24) is 0 Å². The molecule has 12 heavy (non-hydrogen) atoms. The molecule has 0 aliphatic rings. The van der Waals surface area contributed by atoms with Crippen LogP contribution in [0, 0.1) is 5.82 Å². The first-order chi connectivity index (χ1) is 5.69. The minimum Gasteiger partial charge on any atom is -0.495 e. The highest BCUT2D eigenvalue weighted by molar-refractivity contribution is 6.32. The predicted octanol–water partition coefficient (Wildman–Crippen LogP) is 1.95. The number of hydrogen-bond acceptors (Lipinski definition) is 2. The molecular formula is C8H9ClFNO. The van der Waals surface area contributed by atoms with Gasteiger partial charge < -0.3 is 10.5 Å². The van der Waals surface area contributed by atoms with E-state index in [-0.39, 0.29) is 11.6 Å². The molecule has 0 unspecified atom stereocenters. The van der Waals surface area contributed by atoms with Crippen LogP contribution in [0.4, 0.5) is 4.39 Å². The molecule has 2 N–H and O–H groups in total. The molecule has 1 aromatic rings. The average Bonchev–Trinajstić information content (AvgIpc) is 2.05. The van der Waals surface area contributed by atoms with Crippen LogP contribution in [-0.4, -0.2) is 7.11 Å². The maximum absolute atomic E-state index is 12.9. The van der Waals surface area contributed by atoms with Crippen molar-refractivity contribution in [3.05, 3.63) is 28.5 Å². The molecule has 1 aromatic carbocycles. The van der Waals surface area contributed by atoms with E-state index in [9.17, 15) is 4.39 Å². The summed E-state index contributed by atoms with van der Waals surface area (Å²) in [6.07, 6.45) is 0. The number of ether oxygens (including phenoxy) is 1. The van der Waals surface area contributed by atoms with Gasteiger partial charge in [0.2, 0.25) is 0 Å². The largest absolute Gasteiger partial charge is 0.495 e. The zero-order chi connectivity index (χ0) is 9.14. The first-order valence-electron chi connectivity index (χ1n) is 3.41. The molecule has 2 nitrogen and oxygen atoms in total. The molecule has 0 saturated heterocycles. The monoisotopic (exact) mass is 189 g/mol. The van der Waals surface area contributed by atoms with Gasteiger partial charge in [0.05, 0.1) is 12.1 Å². The fourth-order valence-electron chi connectivity index (χ4n) is 0.884. The maximum atomic E-state index is 12.9. The Kier molecular flexibility index (Phi) is 2.89. The number of nitrogens with two attached hydrogens (primary N) is 1. The smallest absolute Gasteiger partial charge is 0.137 e. The quantitative estimate of drug-likeness (QED) is 0.772. The Hall–Kier alpha value is -0.800. The van der Waals surface area contributed by atoms with E-state index in [0.717, 1.165) is 0 Å². The fraction of sp³-hybridized carbons (Fsp3) is 0.250. The van der Waals surface area contributed by atoms with E-state index in [0.29, 0.717) is 11.3 Å². The summed E-state index contributed by atoms with van der Waals surface area (Å²) in [6.45, 7) is 0.138. The maximum Gasteiger partial charge on any atom is 0.137 e. The van der Waals surface area contributed by atoms with E-state index in [1.54, 1.807) is 0 Å². The molecule has 0 heterocycles. The Bertz CT molecular complexity index is 265. The van der Waals surface area contributed by atoms with Crippen LogP contribution in [0.2, 0.25) is 5.02 Å². The first kappa shape index (κ1) is 9.29. The van der Waals surface area contributed by atoms with Gasteiger partial charge in [-0.15, -0.1) is 0 Å². The molecule has 0 spiro atoms. The van der Waals surface area contributed by atoms with Gasteiger partial charge in [0.15, 0.2) is 0 Å². The van der Waals surface area contributed by atoms with Gasteiger partial charge in [0.25, 0.3) is 0 Å². The second kappa shape index (κ2) is 3.74. The fourth-order valence-corrected chi connectivity index (χ4v) is 1.11. The van der Waals surface area contributed by atoms with Crippen LogP contribution in [-0.2, 0) is 6.54 Å². The minimum atomic E-state index is -0.400. The Labute approximate surface area is 75.1 Å². The van der Waals surface area contributed by atoms with E-state index in [2.05, 4.69) is 0 Å². The standard InChI is InChI=1S/C8H9ClFNO/c1-12-8-2-5(4-11)7(10)3-6(8)9/h2-3H,4,11H2,1H3. The van der Waals surface area contributed by atoms with Crippen molar-refractivity contribution in [2.75, 3.05) is 7.11 Å². The van der Waals surface area contributed by atoms with E-state index in [1.807, 2.05) is 0 Å². The van der Waals surface area contributed by atoms with Crippen LogP contribution in [0.3, 0.4) is 0 Å². The highest BCUT2D eigenvalue weighted by Crippen LogP contribution is 2.26. The zero-order valence-corrected chi connectivity index (χ0v) is 7.36. The second-order valence-corrected chi connectivity index (χ2v) is 2.69. The molecule has 0 saturated carbocycles. The molecule has 0 amide bonds. The Morgan fingerprint density at radius 1 is 1.58 bits per heavy atom. The van der Waals surface area contributed by atoms with Gasteiger partial charge in [0, 0.05) is 12.1 Å². The Balaban J connectivity index is 3.18. The van der Waals surface area contributed by atoms with E-state index < -0.39 is 5.82 Å². The summed E-state index contributed by atoms with van der Waals surface area (Å²) in [7, 11) is 1.47. The van der Waals surface area contributed by atoms with Crippen LogP contribution in [0.1, 0.15) is 5.56 Å². The lowest BCUT2D eigenvalue weighted by atomic mass is 10.2. The summed E-state index contributed by atoms with van der Waals surface area (Å²) in [5.74, 6) is 0.0433. The summed E-state index contributed by atoms with van der Waals surface area (Å²) in [5, 5.41) is 0.257. The SMILES string of the molecule is COc1cc(CN)c(F)cc1Cl. The van der Waals surface area contributed by atoms with Crippen molar-refractivity contribution in [1.29, 1.82) is 0 Å². The number of halogens is 2. The molecule has 0 aliphatic heterocycles. The first-order valence-corrected chi connectivity index (χ1v) is 3.78. The van der Waals surface area contributed by atoms with Crippen molar-refractivity contribution < 1.29 is 9.13 Å². The molecule has 0 radical (unpaired) electrons. The van der Waals surface area contributed by atoms with Crippen LogP contribution >= 0.6 is 11.6 Å². The number of methoxy groups -OCH3 is 1. The van der Waals surface area contributed by atoms with Crippen LogP contribution in [0.5, 0.6) is 5.75 Å². The lowest BCUT2D eigenvalue weighted by Gasteiger charge is -2.05. The van der Waals surface area contributed by atoms with E-state index in [4.69, 9.17) is 22.1 Å². The Morgan fingerprint density at radius 3 is 2.75 bits per heavy atom. The topological polar surface area (TPSA) is 35.2 Å². The molecule has 0 aliphatic carbocycles. The zero-order valence-electron chi connectivity index (χ0n) is 6.60. The minimum absolute atomic E-state index is 0.138. The molecular weight excluding hydrogens is 181 g/mol. The highest BCUT2D eigenvalue weighted by Gasteiger charge is 2.06. The predicted molar refractivity (Wildman–Crippen MR) is 45.9 cm³/mol. The van der Waals surface area contributed by atoms with Gasteiger partial charge >= 0.3 is 0 Å². The number of hydrogen-bond donors (Lipinski definition) is 1. The molecule has 0 bridgehead atoms. The van der Waals surface area contributed by atoms with Crippen molar-refractivity contribution in [3.8, 4) is 5.75 Å². The summed E-state index contributed by atoms with van der Waals surface area (Å²) in [6, 6.07) is 2.69. The Morgan fingerprint density at radius 2 is 2.25 bits per heavy atom. The third kappa shape index (κ3) is 1.68. The lowest BCUT2D eigenvalue weighted by Crippen LogP contribution is -2.00. The van der Waals surface area contributed by atoms with Gasteiger partial charge in [0.1, 0.15) is 11.6 Å². The summed E-state index contributed by atoms with van der Waals surface area (Å²) >= 11 is 5.65. The third-order valence-electron chi connectivity index (χ3n) is 1.54. The normalized spacial score (nSPS) is 10.0. The van der Waals surface area contributed by atoms with E-state index >= 15 is 0 Å². The third-order valence-corrected chi connectivity index (χ3v) is 1.84. The molecule has 0 fully saturated rings. The van der Waals surface area contributed by atoms with Crippen molar-refractivity contribution in [2.24, 2.45) is 5.73 Å². The van der Waals surface area contributed by atoms with Crippen molar-refractivity contribution in [3.63, 3.8) is 0 Å². The lowest BCUT2D eigenvalue weighted by molar-refractivity contribution is 0.413. The molecule has 66 valence electrons. The molecule has 4 heteroatoms. The summed E-state index contributed by atoms with van der Waals surface area (Å²) < 4.78 is 17.8. The van der Waals surface area contributed by atoms with Crippen molar-refractivity contribution in [2.45, 2.75) is 6.54 Å². The van der Waals surface area contributed by atoms with Crippen LogP contribution in [0.25, 0.3) is 0 Å². The second-order valence-electron chi connectivity index (χ2n) is 2.28. The molecule has 0 aromatic heterocycles. The van der Waals surface area contributed by atoms with Gasteiger partial charge in [-0.3, -0.25) is 0 Å². The molecule has 1 rings (SSSR count). The van der Waals surface area contributed by atoms with Gasteiger partial charge in [-0.05, 0) is 12.1 Å². The van der Waals surface area contributed by atoms with Crippen LogP contribution in [0.15, 0.2) is 12.1 Å². The van der Waals surface area contributed by atoms with Crippen molar-refractivity contribution >= 4 is 11.6 Å². The number of rotatable bonds is 2. The molecule has 0 atom stereocenters. The number of benzene rings is 1. The summed E-state index contributed by atoms with van der Waals surface area (Å²) in [5.41, 5.74) is 5.68. The van der Waals surface area contributed by atoms with E-state index in [1.165, 1.54) is 19.2 Å².